The van der Waals surface area contributed by atoms with Gasteiger partial charge in [0.15, 0.2) is 0 Å². The number of aliphatic imine (C=N–C) groups is 1. The molecule has 0 saturated carbocycles. The number of fused-ring (bicyclic) bond motifs is 1. The van der Waals surface area contributed by atoms with Crippen LogP contribution in [0.5, 0.6) is 0 Å². The summed E-state index contributed by atoms with van der Waals surface area (Å²) in [6.45, 7) is 7.15. The van der Waals surface area contributed by atoms with Crippen LogP contribution in [-0.4, -0.2) is 22.7 Å². The molecule has 1 aromatic heterocycles. The molecule has 2 rings (SSSR count). The van der Waals surface area contributed by atoms with Crippen LogP contribution in [0, 0.1) is 0 Å². The van der Waals surface area contributed by atoms with Gasteiger partial charge in [0.25, 0.3) is 0 Å². The molecule has 24 heavy (non-hydrogen) atoms. The van der Waals surface area contributed by atoms with E-state index in [4.69, 9.17) is 5.73 Å². The number of hydrogen-bond acceptors (Lipinski definition) is 5. The summed E-state index contributed by atoms with van der Waals surface area (Å²) >= 11 is 0. The highest BCUT2D eigenvalue weighted by Crippen LogP contribution is 2.26. The summed E-state index contributed by atoms with van der Waals surface area (Å²) in [7, 11) is 0. The van der Waals surface area contributed by atoms with Gasteiger partial charge in [-0.05, 0) is 37.8 Å². The minimum Gasteiger partial charge on any atom is -0.369 e. The van der Waals surface area contributed by atoms with Gasteiger partial charge in [-0.3, -0.25) is 4.99 Å². The van der Waals surface area contributed by atoms with Crippen LogP contribution in [0.3, 0.4) is 0 Å². The van der Waals surface area contributed by atoms with Crippen molar-refractivity contribution < 1.29 is 0 Å². The van der Waals surface area contributed by atoms with Crippen LogP contribution in [0.4, 0.5) is 11.8 Å². The number of aromatic nitrogens is 2. The van der Waals surface area contributed by atoms with Crippen LogP contribution >= 0.6 is 0 Å². The van der Waals surface area contributed by atoms with Gasteiger partial charge in [0.05, 0.1) is 5.52 Å². The molecule has 0 radical (unpaired) electrons. The van der Waals surface area contributed by atoms with E-state index in [2.05, 4.69) is 46.3 Å². The molecule has 1 heterocycles. The van der Waals surface area contributed by atoms with Gasteiger partial charge in [0.2, 0.25) is 5.95 Å². The first-order valence-electron chi connectivity index (χ1n) is 8.64. The lowest BCUT2D eigenvalue weighted by Crippen LogP contribution is -2.07. The van der Waals surface area contributed by atoms with Crippen molar-refractivity contribution in [3.05, 3.63) is 35.5 Å². The van der Waals surface area contributed by atoms with Crippen LogP contribution in [0.15, 0.2) is 35.0 Å². The fourth-order valence-corrected chi connectivity index (χ4v) is 2.50. The highest BCUT2D eigenvalue weighted by Gasteiger charge is 2.10. The number of benzene rings is 1. The number of unbranched alkanes of at least 4 members (excludes halogenated alkanes) is 1. The van der Waals surface area contributed by atoms with Gasteiger partial charge >= 0.3 is 0 Å². The predicted octanol–water partition coefficient (Wildman–Crippen LogP) is 4.35. The van der Waals surface area contributed by atoms with Crippen LogP contribution in [0.1, 0.15) is 45.6 Å². The van der Waals surface area contributed by atoms with Crippen LogP contribution in [-0.2, 0) is 6.42 Å². The molecule has 128 valence electrons. The first-order valence-corrected chi connectivity index (χ1v) is 8.64. The summed E-state index contributed by atoms with van der Waals surface area (Å²) in [6, 6.07) is 6.10. The lowest BCUT2D eigenvalue weighted by Gasteiger charge is -2.12. The molecule has 3 N–H and O–H groups in total. The van der Waals surface area contributed by atoms with Crippen molar-refractivity contribution in [2.75, 3.05) is 17.6 Å². The van der Waals surface area contributed by atoms with Crippen LogP contribution < -0.4 is 11.1 Å². The minimum absolute atomic E-state index is 0.304. The molecule has 5 heteroatoms. The number of nitrogens with two attached hydrogens (primary N) is 1. The highest BCUT2D eigenvalue weighted by molar-refractivity contribution is 5.93. The normalized spacial score (nSPS) is 12.2. The molecule has 0 saturated heterocycles. The standard InChI is InChI=1S/C19H27N5/c1-4-6-13-22-18-17-15(11-10-14(3)21-12-5-2)8-7-9-16(17)23-19(20)24-18/h7-10,12H,4-6,11,13H2,1-3H3,(H3,20,22,23,24)/b14-10-,21-12?. The third kappa shape index (κ3) is 4.78. The number of allylic oxidation sites excluding steroid dienone is 2. The third-order valence-corrected chi connectivity index (χ3v) is 3.74. The molecule has 0 aliphatic carbocycles. The zero-order valence-electron chi connectivity index (χ0n) is 14.8. The molecule has 0 amide bonds. The number of nitrogen functional groups attached to an aromatic ring is 1. The molecule has 0 spiro atoms. The van der Waals surface area contributed by atoms with E-state index in [0.717, 1.165) is 54.6 Å². The second-order valence-electron chi connectivity index (χ2n) is 5.79. The Morgan fingerprint density at radius 2 is 2.12 bits per heavy atom. The van der Waals surface area contributed by atoms with Crippen molar-refractivity contribution in [2.45, 2.75) is 46.5 Å². The quantitative estimate of drug-likeness (QED) is 0.559. The second kappa shape index (κ2) is 9.01. The van der Waals surface area contributed by atoms with Gasteiger partial charge in [-0.15, -0.1) is 0 Å². The Morgan fingerprint density at radius 3 is 2.88 bits per heavy atom. The van der Waals surface area contributed by atoms with Gasteiger partial charge in [-0.1, -0.05) is 38.5 Å². The van der Waals surface area contributed by atoms with E-state index < -0.39 is 0 Å². The van der Waals surface area contributed by atoms with Crippen LogP contribution in [0.2, 0.25) is 0 Å². The number of hydrogen-bond donors (Lipinski definition) is 2. The number of nitrogens with one attached hydrogen (secondary N) is 1. The lowest BCUT2D eigenvalue weighted by molar-refractivity contribution is 0.832. The maximum Gasteiger partial charge on any atom is 0.222 e. The summed E-state index contributed by atoms with van der Waals surface area (Å²) in [5.74, 6) is 1.13. The van der Waals surface area contributed by atoms with Gasteiger partial charge in [0, 0.05) is 23.8 Å². The molecule has 0 bridgehead atoms. The molecule has 1 aromatic carbocycles. The fraction of sp³-hybridized carbons (Fsp3) is 0.421. The second-order valence-corrected chi connectivity index (χ2v) is 5.79. The van der Waals surface area contributed by atoms with E-state index >= 15 is 0 Å². The smallest absolute Gasteiger partial charge is 0.222 e. The average molecular weight is 325 g/mol. The van der Waals surface area contributed by atoms with E-state index in [-0.39, 0.29) is 0 Å². The van der Waals surface area contributed by atoms with E-state index in [0.29, 0.717) is 5.95 Å². The number of rotatable bonds is 8. The molecule has 0 unspecified atom stereocenters. The molecular weight excluding hydrogens is 298 g/mol. The van der Waals surface area contributed by atoms with E-state index in [1.54, 1.807) is 0 Å². The first-order chi connectivity index (χ1) is 11.7. The monoisotopic (exact) mass is 325 g/mol. The molecule has 0 atom stereocenters. The summed E-state index contributed by atoms with van der Waals surface area (Å²) in [6.07, 6.45) is 8.02. The van der Waals surface area contributed by atoms with Crippen LogP contribution in [0.25, 0.3) is 10.9 Å². The van der Waals surface area contributed by atoms with Gasteiger partial charge in [0.1, 0.15) is 5.82 Å². The molecule has 0 aliphatic rings. The van der Waals surface area contributed by atoms with Crippen molar-refractivity contribution >= 4 is 28.9 Å². The zero-order valence-corrected chi connectivity index (χ0v) is 14.8. The van der Waals surface area contributed by atoms with E-state index in [1.165, 1.54) is 5.56 Å². The average Bonchev–Trinajstić information content (AvgIpc) is 2.57. The number of anilines is 2. The summed E-state index contributed by atoms with van der Waals surface area (Å²) in [5, 5.41) is 4.46. The van der Waals surface area contributed by atoms with Crippen molar-refractivity contribution in [1.29, 1.82) is 0 Å². The SMILES string of the molecule is CCC=N/C(C)=C\Cc1cccc2nc(N)nc(NCCCC)c12. The van der Waals surface area contributed by atoms with E-state index in [9.17, 15) is 0 Å². The Kier molecular flexibility index (Phi) is 6.73. The van der Waals surface area contributed by atoms with Crippen molar-refractivity contribution in [3.8, 4) is 0 Å². The Labute approximate surface area is 144 Å². The molecular formula is C19H27N5. The minimum atomic E-state index is 0.304. The molecule has 5 nitrogen and oxygen atoms in total. The van der Waals surface area contributed by atoms with Crippen molar-refractivity contribution in [1.82, 2.24) is 9.97 Å². The Morgan fingerprint density at radius 1 is 1.29 bits per heavy atom. The predicted molar refractivity (Wildman–Crippen MR) is 104 cm³/mol. The summed E-state index contributed by atoms with van der Waals surface area (Å²) in [5.41, 5.74) is 8.94. The zero-order chi connectivity index (χ0) is 17.4. The van der Waals surface area contributed by atoms with Crippen molar-refractivity contribution in [3.63, 3.8) is 0 Å². The van der Waals surface area contributed by atoms with Gasteiger partial charge < -0.3 is 11.1 Å². The number of nitrogens with zero attached hydrogens (tertiary/aromatic N) is 3. The van der Waals surface area contributed by atoms with Crippen molar-refractivity contribution in [2.24, 2.45) is 4.99 Å². The molecule has 2 aromatic rings. The first kappa shape index (κ1) is 17.9. The summed E-state index contributed by atoms with van der Waals surface area (Å²) < 4.78 is 0. The third-order valence-electron chi connectivity index (χ3n) is 3.74. The topological polar surface area (TPSA) is 76.2 Å². The Balaban J connectivity index is 2.37. The summed E-state index contributed by atoms with van der Waals surface area (Å²) in [4.78, 5) is 13.2. The highest BCUT2D eigenvalue weighted by atomic mass is 15.1. The van der Waals surface area contributed by atoms with E-state index in [1.807, 2.05) is 25.3 Å². The van der Waals surface area contributed by atoms with Gasteiger partial charge in [-0.25, -0.2) is 4.98 Å². The maximum atomic E-state index is 5.86. The Hall–Kier alpha value is -2.43. The lowest BCUT2D eigenvalue weighted by atomic mass is 10.0. The molecule has 0 aliphatic heterocycles. The fourth-order valence-electron chi connectivity index (χ4n) is 2.50. The Bertz CT molecular complexity index is 734. The largest absolute Gasteiger partial charge is 0.369 e. The maximum absolute atomic E-state index is 5.86. The van der Waals surface area contributed by atoms with Gasteiger partial charge in [-0.2, -0.15) is 4.98 Å². The molecule has 0 fully saturated rings.